The van der Waals surface area contributed by atoms with E-state index in [2.05, 4.69) is 16.3 Å². The number of hydrazone groups is 2. The van der Waals surface area contributed by atoms with Crippen molar-refractivity contribution in [1.82, 2.24) is 10.0 Å². The van der Waals surface area contributed by atoms with Crippen LogP contribution in [0.25, 0.3) is 0 Å². The van der Waals surface area contributed by atoms with E-state index in [-0.39, 0.29) is 19.8 Å². The number of anilines is 2. The van der Waals surface area contributed by atoms with Crippen molar-refractivity contribution >= 4 is 24.1 Å². The van der Waals surface area contributed by atoms with Crippen LogP contribution in [0.5, 0.6) is 0 Å². The molecule has 0 saturated heterocycles. The first-order chi connectivity index (χ1) is 8.72. The zero-order chi connectivity index (χ0) is 12.5. The van der Waals surface area contributed by atoms with Crippen molar-refractivity contribution in [2.75, 3.05) is 23.9 Å². The summed E-state index contributed by atoms with van der Waals surface area (Å²) in [7, 11) is 3.77. The second-order valence-electron chi connectivity index (χ2n) is 4.08. The fourth-order valence-electron chi connectivity index (χ4n) is 1.75. The van der Waals surface area contributed by atoms with E-state index in [1.807, 2.05) is 55.4 Å². The fourth-order valence-corrected chi connectivity index (χ4v) is 1.75. The number of hydrogen-bond donors (Lipinski definition) is 0. The van der Waals surface area contributed by atoms with Gasteiger partial charge in [0.25, 0.3) is 0 Å². The first-order valence-corrected chi connectivity index (χ1v) is 5.55. The van der Waals surface area contributed by atoms with Crippen molar-refractivity contribution in [2.24, 2.45) is 10.2 Å². The van der Waals surface area contributed by atoms with Crippen LogP contribution in [0.4, 0.5) is 11.4 Å². The van der Waals surface area contributed by atoms with E-state index in [0.717, 1.165) is 11.4 Å². The van der Waals surface area contributed by atoms with Crippen LogP contribution < -0.4 is 9.80 Å². The average molecular weight is 432 g/mol. The van der Waals surface area contributed by atoms with E-state index in [1.54, 1.807) is 22.7 Å². The van der Waals surface area contributed by atoms with Gasteiger partial charge in [0, 0.05) is 19.8 Å². The summed E-state index contributed by atoms with van der Waals surface area (Å²) in [6.45, 7) is 3.78. The molecule has 0 spiro atoms. The summed E-state index contributed by atoms with van der Waals surface area (Å²) in [6.07, 6.45) is 3.51. The zero-order valence-corrected chi connectivity index (χ0v) is 13.1. The quantitative estimate of drug-likeness (QED) is 0.658. The molecule has 0 unspecified atom stereocenters. The molecule has 7 heteroatoms. The van der Waals surface area contributed by atoms with Gasteiger partial charge in [0.15, 0.2) is 0 Å². The van der Waals surface area contributed by atoms with Crippen molar-refractivity contribution in [3.8, 4) is 0 Å². The van der Waals surface area contributed by atoms with Crippen molar-refractivity contribution in [3.63, 3.8) is 0 Å². The van der Waals surface area contributed by atoms with Gasteiger partial charge in [-0.1, -0.05) is 0 Å². The molecule has 19 heavy (non-hydrogen) atoms. The first kappa shape index (κ1) is 13.8. The molecule has 1 aromatic carbocycles. The average Bonchev–Trinajstić information content (AvgIpc) is 2.98. The molecule has 6 nitrogen and oxygen atoms in total. The molecule has 0 aliphatic carbocycles. The van der Waals surface area contributed by atoms with Crippen LogP contribution in [0, 0.1) is 19.4 Å². The maximum Gasteiger partial charge on any atom is 0.0829 e. The van der Waals surface area contributed by atoms with E-state index in [0.29, 0.717) is 0 Å². The van der Waals surface area contributed by atoms with E-state index < -0.39 is 0 Å². The molecule has 2 aliphatic rings. The van der Waals surface area contributed by atoms with Crippen LogP contribution >= 0.6 is 0 Å². The largest absolute Gasteiger partial charge is 0.483 e. The van der Waals surface area contributed by atoms with Crippen LogP contribution in [0.2, 0.25) is 0 Å². The Morgan fingerprint density at radius 2 is 1.42 bits per heavy atom. The number of hydrogen-bond acceptors (Lipinski definition) is 6. The van der Waals surface area contributed by atoms with Gasteiger partial charge in [-0.05, 0) is 14.1 Å². The van der Waals surface area contributed by atoms with Gasteiger partial charge >= 0.3 is 0 Å². The molecule has 102 valence electrons. The molecule has 0 amide bonds. The standard InChI is InChI=1S/C12H13N6.Os/c1-15-9-17(7-13-15)11-4-3-5-12(6-11)18-8-14-16(2)10-18;/h3-5,7-10H,1-2H3;/q-3;. The van der Waals surface area contributed by atoms with E-state index in [9.17, 15) is 0 Å². The summed E-state index contributed by atoms with van der Waals surface area (Å²) in [6, 6.07) is 9.29. The number of rotatable bonds is 2. The SMILES string of the molecule is CN1[CH-]N(c2[c-]c(N3C=NN(C)[CH-]3)ccc2)C=N1.[Os]. The smallest absolute Gasteiger partial charge is 0.0829 e. The molecule has 0 saturated carbocycles. The predicted octanol–water partition coefficient (Wildman–Crippen LogP) is 1.11. The summed E-state index contributed by atoms with van der Waals surface area (Å²) >= 11 is 0. The maximum absolute atomic E-state index is 4.14. The zero-order valence-electron chi connectivity index (χ0n) is 10.6. The van der Waals surface area contributed by atoms with Crippen molar-refractivity contribution in [2.45, 2.75) is 0 Å². The Kier molecular flexibility index (Phi) is 4.06. The van der Waals surface area contributed by atoms with Crippen LogP contribution in [-0.2, 0) is 19.8 Å². The first-order valence-electron chi connectivity index (χ1n) is 5.55. The molecule has 0 atom stereocenters. The van der Waals surface area contributed by atoms with Gasteiger partial charge in [-0.25, -0.2) is 10.2 Å². The van der Waals surface area contributed by atoms with Gasteiger partial charge in [0.1, 0.15) is 0 Å². The third kappa shape index (κ3) is 2.87. The summed E-state index contributed by atoms with van der Waals surface area (Å²) in [5.74, 6) is 0. The molecule has 2 heterocycles. The van der Waals surface area contributed by atoms with Crippen molar-refractivity contribution < 1.29 is 19.8 Å². The Bertz CT molecular complexity index is 461. The van der Waals surface area contributed by atoms with Gasteiger partial charge < -0.3 is 19.8 Å². The molecular formula is C12H13N6Os-3. The van der Waals surface area contributed by atoms with Gasteiger partial charge in [0.2, 0.25) is 0 Å². The molecule has 0 N–H and O–H groups in total. The Balaban J connectivity index is 0.00000133. The molecule has 0 bridgehead atoms. The predicted molar refractivity (Wildman–Crippen MR) is 71.3 cm³/mol. The number of benzene rings is 1. The van der Waals surface area contributed by atoms with Gasteiger partial charge in [-0.3, -0.25) is 0 Å². The molecule has 0 fully saturated rings. The normalized spacial score (nSPS) is 17.4. The fraction of sp³-hybridized carbons (Fsp3) is 0.167. The summed E-state index contributed by atoms with van der Waals surface area (Å²) in [5.41, 5.74) is 1.88. The van der Waals surface area contributed by atoms with Gasteiger partial charge in [-0.15, -0.1) is 42.9 Å². The Hall–Kier alpha value is -1.60. The van der Waals surface area contributed by atoms with Crippen molar-refractivity contribution in [3.05, 3.63) is 37.6 Å². The minimum Gasteiger partial charge on any atom is -0.483 e. The second kappa shape index (κ2) is 5.58. The molecule has 1 aromatic rings. The monoisotopic (exact) mass is 433 g/mol. The molecule has 3 rings (SSSR count). The topological polar surface area (TPSA) is 37.7 Å². The third-order valence-corrected chi connectivity index (χ3v) is 2.62. The van der Waals surface area contributed by atoms with Crippen molar-refractivity contribution in [1.29, 1.82) is 0 Å². The van der Waals surface area contributed by atoms with Crippen LogP contribution in [-0.4, -0.2) is 36.8 Å². The second-order valence-corrected chi connectivity index (χ2v) is 4.08. The van der Waals surface area contributed by atoms with Gasteiger partial charge in [0.05, 0.1) is 12.7 Å². The Morgan fingerprint density at radius 1 is 0.947 bits per heavy atom. The summed E-state index contributed by atoms with van der Waals surface area (Å²) < 4.78 is 0. The van der Waals surface area contributed by atoms with E-state index >= 15 is 0 Å². The van der Waals surface area contributed by atoms with Crippen LogP contribution in [0.15, 0.2) is 28.4 Å². The molecule has 0 aromatic heterocycles. The van der Waals surface area contributed by atoms with E-state index in [1.165, 1.54) is 0 Å². The summed E-state index contributed by atoms with van der Waals surface area (Å²) in [5, 5.41) is 11.8. The van der Waals surface area contributed by atoms with Crippen LogP contribution in [0.1, 0.15) is 0 Å². The Morgan fingerprint density at radius 3 is 1.79 bits per heavy atom. The van der Waals surface area contributed by atoms with Crippen LogP contribution in [0.3, 0.4) is 0 Å². The molecule has 0 radical (unpaired) electrons. The Labute approximate surface area is 126 Å². The van der Waals surface area contributed by atoms with Gasteiger partial charge in [-0.2, -0.15) is 6.07 Å². The third-order valence-electron chi connectivity index (χ3n) is 2.62. The minimum absolute atomic E-state index is 0. The summed E-state index contributed by atoms with van der Waals surface area (Å²) in [4.78, 5) is 3.83. The van der Waals surface area contributed by atoms with E-state index in [4.69, 9.17) is 0 Å². The minimum atomic E-state index is 0. The number of nitrogens with zero attached hydrogens (tertiary/aromatic N) is 6. The molecule has 2 aliphatic heterocycles. The maximum atomic E-state index is 4.14. The molecular weight excluding hydrogens is 418 g/mol.